The lowest BCUT2D eigenvalue weighted by molar-refractivity contribution is -0.383. The number of nitro benzene ring substituents is 1. The first-order chi connectivity index (χ1) is 9.04. The molecule has 4 N–H and O–H groups in total. The third-order valence-electron chi connectivity index (χ3n) is 3.55. The van der Waals surface area contributed by atoms with Crippen molar-refractivity contribution in [3.63, 3.8) is 0 Å². The molecule has 1 aliphatic rings. The van der Waals surface area contributed by atoms with Crippen LogP contribution in [0.1, 0.15) is 13.3 Å². The third-order valence-corrected chi connectivity index (χ3v) is 3.55. The van der Waals surface area contributed by atoms with Gasteiger partial charge in [0.1, 0.15) is 11.4 Å². The van der Waals surface area contributed by atoms with Crippen LogP contribution in [0.5, 0.6) is 0 Å². The number of rotatable bonds is 3. The van der Waals surface area contributed by atoms with Gasteiger partial charge in [-0.1, -0.05) is 13.0 Å². The van der Waals surface area contributed by atoms with Crippen molar-refractivity contribution in [3.05, 3.63) is 28.3 Å². The van der Waals surface area contributed by atoms with Gasteiger partial charge in [0.2, 0.25) is 0 Å². The van der Waals surface area contributed by atoms with Crippen molar-refractivity contribution in [2.24, 2.45) is 11.8 Å². The van der Waals surface area contributed by atoms with E-state index >= 15 is 0 Å². The van der Waals surface area contributed by atoms with E-state index in [1.54, 1.807) is 18.2 Å². The van der Waals surface area contributed by atoms with Gasteiger partial charge in [0, 0.05) is 13.1 Å². The highest BCUT2D eigenvalue weighted by molar-refractivity contribution is 5.76. The number of hydrazine groups is 1. The number of nitrogen functional groups attached to an aromatic ring is 1. The minimum atomic E-state index is -0.430. The number of anilines is 2. The molecule has 1 saturated heterocycles. The smallest absolute Gasteiger partial charge is 0.316 e. The van der Waals surface area contributed by atoms with Crippen LogP contribution in [0.25, 0.3) is 0 Å². The number of nitrogens with one attached hydrogen (secondary N) is 1. The van der Waals surface area contributed by atoms with Crippen LogP contribution in [0.4, 0.5) is 17.1 Å². The van der Waals surface area contributed by atoms with Gasteiger partial charge in [0.15, 0.2) is 0 Å². The van der Waals surface area contributed by atoms with Crippen LogP contribution in [-0.4, -0.2) is 29.2 Å². The average Bonchev–Trinajstić information content (AvgIpc) is 2.40. The molecule has 0 spiro atoms. The van der Waals surface area contributed by atoms with E-state index in [0.29, 0.717) is 30.9 Å². The monoisotopic (exact) mass is 266 g/mol. The van der Waals surface area contributed by atoms with Gasteiger partial charge in [-0.25, -0.2) is 0 Å². The molecule has 0 bridgehead atoms. The quantitative estimate of drug-likeness (QED) is 0.429. The summed E-state index contributed by atoms with van der Waals surface area (Å²) in [4.78, 5) is 12.7. The summed E-state index contributed by atoms with van der Waals surface area (Å²) in [5.74, 6) is 5.41. The molecule has 0 amide bonds. The summed E-state index contributed by atoms with van der Waals surface area (Å²) in [6.07, 6.45) is 0.268. The Morgan fingerprint density at radius 3 is 2.89 bits per heavy atom. The Labute approximate surface area is 111 Å². The van der Waals surface area contributed by atoms with Gasteiger partial charge in [0.25, 0.3) is 0 Å². The predicted octanol–water partition coefficient (Wildman–Crippen LogP) is 1.09. The third kappa shape index (κ3) is 2.61. The van der Waals surface area contributed by atoms with E-state index in [1.165, 1.54) is 0 Å². The Hall–Kier alpha value is -1.86. The molecule has 0 radical (unpaired) electrons. The number of nitro groups is 1. The van der Waals surface area contributed by atoms with Crippen LogP contribution >= 0.6 is 0 Å². The first kappa shape index (κ1) is 13.6. The highest BCUT2D eigenvalue weighted by Crippen LogP contribution is 2.36. The summed E-state index contributed by atoms with van der Waals surface area (Å²) >= 11 is 0. The number of benzene rings is 1. The molecule has 1 heterocycles. The maximum atomic E-state index is 11.2. The van der Waals surface area contributed by atoms with E-state index in [4.69, 9.17) is 5.84 Å². The number of hydrogen-bond donors (Lipinski definition) is 3. The molecular weight excluding hydrogens is 248 g/mol. The number of nitrogens with zero attached hydrogens (tertiary/aromatic N) is 2. The lowest BCUT2D eigenvalue weighted by atomic mass is 9.96. The molecule has 2 unspecified atom stereocenters. The van der Waals surface area contributed by atoms with Gasteiger partial charge in [-0.05, 0) is 24.5 Å². The lowest BCUT2D eigenvalue weighted by Gasteiger charge is -2.35. The molecule has 0 aromatic heterocycles. The Bertz CT molecular complexity index is 480. The molecule has 2 rings (SSSR count). The van der Waals surface area contributed by atoms with E-state index in [-0.39, 0.29) is 17.7 Å². The van der Waals surface area contributed by atoms with E-state index in [9.17, 15) is 15.2 Å². The molecule has 1 aliphatic heterocycles. The Balaban J connectivity index is 2.37. The molecule has 7 nitrogen and oxygen atoms in total. The van der Waals surface area contributed by atoms with Crippen molar-refractivity contribution < 1.29 is 10.0 Å². The van der Waals surface area contributed by atoms with Gasteiger partial charge in [-0.2, -0.15) is 0 Å². The van der Waals surface area contributed by atoms with Crippen molar-refractivity contribution in [2.75, 3.05) is 23.4 Å². The second-order valence-electron chi connectivity index (χ2n) is 4.85. The van der Waals surface area contributed by atoms with Gasteiger partial charge >= 0.3 is 5.69 Å². The number of nitrogens with two attached hydrogens (primary N) is 1. The maximum absolute atomic E-state index is 11.2. The molecule has 7 heteroatoms. The van der Waals surface area contributed by atoms with Crippen molar-refractivity contribution >= 4 is 17.1 Å². The Morgan fingerprint density at radius 2 is 2.32 bits per heavy atom. The van der Waals surface area contributed by atoms with Gasteiger partial charge in [0.05, 0.1) is 11.0 Å². The van der Waals surface area contributed by atoms with Gasteiger partial charge in [-0.15, -0.1) is 0 Å². The number of aliphatic hydroxyl groups excluding tert-OH is 1. The highest BCUT2D eigenvalue weighted by atomic mass is 16.6. The van der Waals surface area contributed by atoms with Crippen LogP contribution in [-0.2, 0) is 0 Å². The molecule has 104 valence electrons. The summed E-state index contributed by atoms with van der Waals surface area (Å²) in [5.41, 5.74) is 3.17. The second-order valence-corrected chi connectivity index (χ2v) is 4.85. The number of para-hydroxylation sites is 1. The minimum absolute atomic E-state index is 0.0198. The van der Waals surface area contributed by atoms with Crippen molar-refractivity contribution in [1.82, 2.24) is 0 Å². The first-order valence-electron chi connectivity index (χ1n) is 6.21. The van der Waals surface area contributed by atoms with Crippen LogP contribution in [0.2, 0.25) is 0 Å². The topological polar surface area (TPSA) is 105 Å². The second kappa shape index (κ2) is 5.41. The minimum Gasteiger partial charge on any atom is -0.393 e. The summed E-state index contributed by atoms with van der Waals surface area (Å²) in [6.45, 7) is 3.13. The normalized spacial score (nSPS) is 23.2. The summed E-state index contributed by atoms with van der Waals surface area (Å²) in [5, 5.41) is 21.0. The van der Waals surface area contributed by atoms with Crippen LogP contribution in [0.15, 0.2) is 18.2 Å². The van der Waals surface area contributed by atoms with Crippen LogP contribution in [0.3, 0.4) is 0 Å². The summed E-state index contributed by atoms with van der Waals surface area (Å²) in [6, 6.07) is 5.01. The largest absolute Gasteiger partial charge is 0.393 e. The number of piperidine rings is 1. The zero-order valence-corrected chi connectivity index (χ0v) is 10.7. The molecule has 0 saturated carbocycles. The molecule has 19 heavy (non-hydrogen) atoms. The zero-order chi connectivity index (χ0) is 14.0. The average molecular weight is 266 g/mol. The molecular formula is C12H18N4O3. The van der Waals surface area contributed by atoms with Crippen molar-refractivity contribution in [3.8, 4) is 0 Å². The van der Waals surface area contributed by atoms with Gasteiger partial charge < -0.3 is 15.4 Å². The molecule has 1 fully saturated rings. The molecule has 2 atom stereocenters. The lowest BCUT2D eigenvalue weighted by Crippen LogP contribution is -2.42. The summed E-state index contributed by atoms with van der Waals surface area (Å²) in [7, 11) is 0. The van der Waals surface area contributed by atoms with Gasteiger partial charge in [-0.3, -0.25) is 16.0 Å². The summed E-state index contributed by atoms with van der Waals surface area (Å²) < 4.78 is 0. The van der Waals surface area contributed by atoms with E-state index in [1.807, 2.05) is 11.8 Å². The number of aliphatic hydroxyl groups is 1. The first-order valence-corrected chi connectivity index (χ1v) is 6.21. The van der Waals surface area contributed by atoms with Crippen molar-refractivity contribution in [1.29, 1.82) is 0 Å². The zero-order valence-electron chi connectivity index (χ0n) is 10.7. The molecule has 1 aromatic rings. The van der Waals surface area contributed by atoms with E-state index < -0.39 is 4.92 Å². The van der Waals surface area contributed by atoms with E-state index in [2.05, 4.69) is 5.43 Å². The van der Waals surface area contributed by atoms with E-state index in [0.717, 1.165) is 0 Å². The molecule has 0 aliphatic carbocycles. The fourth-order valence-corrected chi connectivity index (χ4v) is 2.45. The standard InChI is InChI=1S/C12H18N4O3/c1-8-7-15(6-5-11(8)17)10-4-2-3-9(14-13)12(10)16(18)19/h2-4,8,11,14,17H,5-7,13H2,1H3. The Kier molecular flexibility index (Phi) is 3.87. The highest BCUT2D eigenvalue weighted by Gasteiger charge is 2.29. The fraction of sp³-hybridized carbons (Fsp3) is 0.500. The SMILES string of the molecule is CC1CN(c2cccc(NN)c2[N+](=O)[O-])CCC1O. The van der Waals surface area contributed by atoms with Crippen molar-refractivity contribution in [2.45, 2.75) is 19.4 Å². The number of hydrogen-bond acceptors (Lipinski definition) is 6. The predicted molar refractivity (Wildman–Crippen MR) is 72.9 cm³/mol. The maximum Gasteiger partial charge on any atom is 0.316 e. The Morgan fingerprint density at radius 1 is 1.58 bits per heavy atom. The van der Waals surface area contributed by atoms with Crippen LogP contribution < -0.4 is 16.2 Å². The van der Waals surface area contributed by atoms with Crippen LogP contribution in [0, 0.1) is 16.0 Å². The fourth-order valence-electron chi connectivity index (χ4n) is 2.45. The molecule has 1 aromatic carbocycles.